The minimum absolute atomic E-state index is 0.175. The van der Waals surface area contributed by atoms with E-state index in [0.29, 0.717) is 6.04 Å². The monoisotopic (exact) mass is 231 g/mol. The molecule has 1 aromatic rings. The number of unbranched alkanes of at least 4 members (excludes halogenated alkanes) is 1. The smallest absolute Gasteiger partial charge is 0.224 e. The van der Waals surface area contributed by atoms with Crippen LogP contribution in [0.15, 0.2) is 18.2 Å². The molecule has 17 heavy (non-hydrogen) atoms. The van der Waals surface area contributed by atoms with Gasteiger partial charge in [-0.1, -0.05) is 37.5 Å². The molecule has 2 heteroatoms. The number of nitrogens with zero attached hydrogens (tertiary/aromatic N) is 1. The SMILES string of the molecule is CCCCC1Cc2cc(C)ccc2N1C(C)=O. The van der Waals surface area contributed by atoms with Gasteiger partial charge in [0, 0.05) is 18.7 Å². The van der Waals surface area contributed by atoms with Gasteiger partial charge in [-0.05, 0) is 31.4 Å². The van der Waals surface area contributed by atoms with E-state index in [1.54, 1.807) is 6.92 Å². The lowest BCUT2D eigenvalue weighted by Gasteiger charge is -2.24. The van der Waals surface area contributed by atoms with Gasteiger partial charge in [0.25, 0.3) is 0 Å². The molecular formula is C15H21NO. The van der Waals surface area contributed by atoms with Gasteiger partial charge in [-0.15, -0.1) is 0 Å². The Hall–Kier alpha value is -1.31. The van der Waals surface area contributed by atoms with Crippen LogP contribution in [-0.4, -0.2) is 11.9 Å². The highest BCUT2D eigenvalue weighted by molar-refractivity contribution is 5.94. The number of anilines is 1. The van der Waals surface area contributed by atoms with Gasteiger partial charge in [0.05, 0.1) is 0 Å². The van der Waals surface area contributed by atoms with Gasteiger partial charge in [-0.2, -0.15) is 0 Å². The quantitative estimate of drug-likeness (QED) is 0.780. The molecule has 0 bridgehead atoms. The first-order chi connectivity index (χ1) is 8.13. The summed E-state index contributed by atoms with van der Waals surface area (Å²) in [4.78, 5) is 13.8. The highest BCUT2D eigenvalue weighted by atomic mass is 16.2. The second-order valence-corrected chi connectivity index (χ2v) is 5.02. The molecule has 1 aliphatic rings. The van der Waals surface area contributed by atoms with Crippen LogP contribution in [0.4, 0.5) is 5.69 Å². The van der Waals surface area contributed by atoms with Crippen LogP contribution in [0.1, 0.15) is 44.2 Å². The van der Waals surface area contributed by atoms with Crippen molar-refractivity contribution in [2.75, 3.05) is 4.90 Å². The van der Waals surface area contributed by atoms with E-state index in [9.17, 15) is 4.79 Å². The summed E-state index contributed by atoms with van der Waals surface area (Å²) in [6, 6.07) is 6.79. The highest BCUT2D eigenvalue weighted by Crippen LogP contribution is 2.34. The number of benzene rings is 1. The number of fused-ring (bicyclic) bond motifs is 1. The zero-order chi connectivity index (χ0) is 12.4. The Bertz CT molecular complexity index is 425. The molecule has 92 valence electrons. The Balaban J connectivity index is 2.27. The Morgan fingerprint density at radius 3 is 2.88 bits per heavy atom. The normalized spacial score (nSPS) is 18.3. The molecule has 2 rings (SSSR count). The third-order valence-corrected chi connectivity index (χ3v) is 3.55. The summed E-state index contributed by atoms with van der Waals surface area (Å²) in [5.74, 6) is 0.175. The van der Waals surface area contributed by atoms with Crippen molar-refractivity contribution in [3.05, 3.63) is 29.3 Å². The van der Waals surface area contributed by atoms with Gasteiger partial charge in [-0.3, -0.25) is 4.79 Å². The van der Waals surface area contributed by atoms with Crippen molar-refractivity contribution >= 4 is 11.6 Å². The van der Waals surface area contributed by atoms with E-state index in [1.807, 2.05) is 4.90 Å². The average molecular weight is 231 g/mol. The molecule has 1 amide bonds. The van der Waals surface area contributed by atoms with Crippen molar-refractivity contribution in [3.63, 3.8) is 0 Å². The Labute approximate surface area is 104 Å². The molecular weight excluding hydrogens is 210 g/mol. The molecule has 1 aliphatic heterocycles. The predicted octanol–water partition coefficient (Wildman–Crippen LogP) is 3.46. The predicted molar refractivity (Wildman–Crippen MR) is 71.4 cm³/mol. The Morgan fingerprint density at radius 2 is 2.24 bits per heavy atom. The van der Waals surface area contributed by atoms with E-state index in [2.05, 4.69) is 32.0 Å². The van der Waals surface area contributed by atoms with E-state index in [-0.39, 0.29) is 5.91 Å². The third-order valence-electron chi connectivity index (χ3n) is 3.55. The zero-order valence-electron chi connectivity index (χ0n) is 11.0. The molecule has 1 heterocycles. The van der Waals surface area contributed by atoms with E-state index in [1.165, 1.54) is 24.0 Å². The van der Waals surface area contributed by atoms with Crippen molar-refractivity contribution < 1.29 is 4.79 Å². The fourth-order valence-electron chi connectivity index (χ4n) is 2.75. The number of carbonyl (C=O) groups is 1. The summed E-state index contributed by atoms with van der Waals surface area (Å²) in [5.41, 5.74) is 3.74. The molecule has 0 saturated carbocycles. The van der Waals surface area contributed by atoms with Crippen LogP contribution in [0.3, 0.4) is 0 Å². The molecule has 0 saturated heterocycles. The largest absolute Gasteiger partial charge is 0.309 e. The fourth-order valence-corrected chi connectivity index (χ4v) is 2.75. The number of carbonyl (C=O) groups excluding carboxylic acids is 1. The summed E-state index contributed by atoms with van der Waals surface area (Å²) in [6.45, 7) is 5.98. The summed E-state index contributed by atoms with van der Waals surface area (Å²) in [5, 5.41) is 0. The minimum Gasteiger partial charge on any atom is -0.309 e. The number of hydrogen-bond donors (Lipinski definition) is 0. The van der Waals surface area contributed by atoms with Crippen LogP contribution in [0.2, 0.25) is 0 Å². The molecule has 0 aromatic heterocycles. The van der Waals surface area contributed by atoms with Gasteiger partial charge >= 0.3 is 0 Å². The first-order valence-corrected chi connectivity index (χ1v) is 6.52. The van der Waals surface area contributed by atoms with Crippen LogP contribution < -0.4 is 4.90 Å². The zero-order valence-corrected chi connectivity index (χ0v) is 11.0. The van der Waals surface area contributed by atoms with Gasteiger partial charge in [0.1, 0.15) is 0 Å². The molecule has 0 aliphatic carbocycles. The summed E-state index contributed by atoms with van der Waals surface area (Å²) in [6.07, 6.45) is 4.53. The first-order valence-electron chi connectivity index (χ1n) is 6.52. The minimum atomic E-state index is 0.175. The second-order valence-electron chi connectivity index (χ2n) is 5.02. The van der Waals surface area contributed by atoms with Gasteiger partial charge < -0.3 is 4.90 Å². The summed E-state index contributed by atoms with van der Waals surface area (Å²) in [7, 11) is 0. The maximum Gasteiger partial charge on any atom is 0.224 e. The molecule has 0 spiro atoms. The molecule has 2 nitrogen and oxygen atoms in total. The van der Waals surface area contributed by atoms with Crippen LogP contribution in [0.25, 0.3) is 0 Å². The van der Waals surface area contributed by atoms with Crippen molar-refractivity contribution in [1.29, 1.82) is 0 Å². The van der Waals surface area contributed by atoms with Gasteiger partial charge in [0.15, 0.2) is 0 Å². The maximum atomic E-state index is 11.8. The Morgan fingerprint density at radius 1 is 1.47 bits per heavy atom. The number of amides is 1. The highest BCUT2D eigenvalue weighted by Gasteiger charge is 2.31. The number of hydrogen-bond acceptors (Lipinski definition) is 1. The standard InChI is InChI=1S/C15H21NO/c1-4-5-6-14-10-13-9-11(2)7-8-15(13)16(14)12(3)17/h7-9,14H,4-6,10H2,1-3H3. The van der Waals surface area contributed by atoms with Crippen molar-refractivity contribution in [3.8, 4) is 0 Å². The maximum absolute atomic E-state index is 11.8. The Kier molecular flexibility index (Phi) is 3.51. The number of aryl methyl sites for hydroxylation is 1. The van der Waals surface area contributed by atoms with Gasteiger partial charge in [-0.25, -0.2) is 0 Å². The van der Waals surface area contributed by atoms with E-state index < -0.39 is 0 Å². The van der Waals surface area contributed by atoms with Crippen LogP contribution in [0, 0.1) is 6.92 Å². The van der Waals surface area contributed by atoms with Crippen molar-refractivity contribution in [2.24, 2.45) is 0 Å². The molecule has 0 N–H and O–H groups in total. The van der Waals surface area contributed by atoms with E-state index in [0.717, 1.165) is 18.5 Å². The topological polar surface area (TPSA) is 20.3 Å². The lowest BCUT2D eigenvalue weighted by Crippen LogP contribution is -2.35. The fraction of sp³-hybridized carbons (Fsp3) is 0.533. The molecule has 1 unspecified atom stereocenters. The average Bonchev–Trinajstić information content (AvgIpc) is 2.63. The third kappa shape index (κ3) is 2.36. The van der Waals surface area contributed by atoms with Crippen molar-refractivity contribution in [1.82, 2.24) is 0 Å². The van der Waals surface area contributed by atoms with E-state index >= 15 is 0 Å². The second kappa shape index (κ2) is 4.91. The molecule has 0 radical (unpaired) electrons. The van der Waals surface area contributed by atoms with Crippen LogP contribution in [0.5, 0.6) is 0 Å². The van der Waals surface area contributed by atoms with E-state index in [4.69, 9.17) is 0 Å². The lowest BCUT2D eigenvalue weighted by molar-refractivity contribution is -0.116. The van der Waals surface area contributed by atoms with Crippen LogP contribution in [-0.2, 0) is 11.2 Å². The lowest BCUT2D eigenvalue weighted by atomic mass is 10.0. The number of rotatable bonds is 3. The van der Waals surface area contributed by atoms with Crippen molar-refractivity contribution in [2.45, 2.75) is 52.5 Å². The summed E-state index contributed by atoms with van der Waals surface area (Å²) < 4.78 is 0. The molecule has 0 fully saturated rings. The molecule has 1 atom stereocenters. The summed E-state index contributed by atoms with van der Waals surface area (Å²) >= 11 is 0. The van der Waals surface area contributed by atoms with Gasteiger partial charge in [0.2, 0.25) is 5.91 Å². The molecule has 1 aromatic carbocycles. The first kappa shape index (κ1) is 12.2. The van der Waals surface area contributed by atoms with Crippen LogP contribution >= 0.6 is 0 Å².